The van der Waals surface area contributed by atoms with E-state index in [0.717, 1.165) is 51.5 Å². The Morgan fingerprint density at radius 2 is 2.05 bits per heavy atom. The van der Waals surface area contributed by atoms with Crippen LogP contribution in [0.25, 0.3) is 0 Å². The Bertz CT molecular complexity index is 402. The average molecular weight is 295 g/mol. The average Bonchev–Trinajstić information content (AvgIpc) is 2.91. The smallest absolute Gasteiger partial charge is 0.194 e. The zero-order valence-corrected chi connectivity index (χ0v) is 13.5. The molecular formula is C16H29N3O2. The Hall–Kier alpha value is -0.810. The summed E-state index contributed by atoms with van der Waals surface area (Å²) in [7, 11) is 0. The van der Waals surface area contributed by atoms with Gasteiger partial charge < -0.3 is 20.1 Å². The number of piperidine rings is 1. The standard InChI is InChI=1S/C16H29N3O2/c1-4-17-15(19-8-5-11(20)6-9-19)18-13-12-7-10-21-14(12)16(13,2)3/h11-14,20H,4-10H2,1-3H3,(H,17,18). The largest absolute Gasteiger partial charge is 0.393 e. The number of ether oxygens (including phenoxy) is 1. The van der Waals surface area contributed by atoms with E-state index in [1.807, 2.05) is 0 Å². The second kappa shape index (κ2) is 5.76. The predicted octanol–water partition coefficient (Wildman–Crippen LogP) is 1.22. The van der Waals surface area contributed by atoms with E-state index in [1.54, 1.807) is 0 Å². The third-order valence-electron chi connectivity index (χ3n) is 5.46. The molecule has 2 heterocycles. The Morgan fingerprint density at radius 3 is 2.71 bits per heavy atom. The van der Waals surface area contributed by atoms with Gasteiger partial charge in [-0.25, -0.2) is 0 Å². The van der Waals surface area contributed by atoms with Crippen LogP contribution in [-0.4, -0.2) is 60.5 Å². The number of hydrogen-bond acceptors (Lipinski definition) is 3. The molecule has 3 atom stereocenters. The van der Waals surface area contributed by atoms with Gasteiger partial charge in [0.2, 0.25) is 0 Å². The van der Waals surface area contributed by atoms with Crippen molar-refractivity contribution in [2.24, 2.45) is 16.3 Å². The van der Waals surface area contributed by atoms with E-state index in [4.69, 9.17) is 4.74 Å². The molecule has 0 amide bonds. The summed E-state index contributed by atoms with van der Waals surface area (Å²) < 4.78 is 5.87. The number of guanidine groups is 1. The highest BCUT2D eigenvalue weighted by Crippen LogP contribution is 2.52. The lowest BCUT2D eigenvalue weighted by atomic mass is 9.57. The van der Waals surface area contributed by atoms with E-state index in [1.165, 1.54) is 0 Å². The quantitative estimate of drug-likeness (QED) is 0.594. The Kier molecular flexibility index (Phi) is 4.14. The minimum Gasteiger partial charge on any atom is -0.393 e. The van der Waals surface area contributed by atoms with Crippen LogP contribution in [0.5, 0.6) is 0 Å². The highest BCUT2D eigenvalue weighted by atomic mass is 16.5. The summed E-state index contributed by atoms with van der Waals surface area (Å²) in [5.41, 5.74) is 0.172. The number of likely N-dealkylation sites (tertiary alicyclic amines) is 1. The lowest BCUT2D eigenvalue weighted by Gasteiger charge is -2.55. The van der Waals surface area contributed by atoms with E-state index in [0.29, 0.717) is 18.1 Å². The lowest BCUT2D eigenvalue weighted by molar-refractivity contribution is -0.107. The highest BCUT2D eigenvalue weighted by Gasteiger charge is 2.59. The minimum atomic E-state index is -0.142. The molecule has 3 fully saturated rings. The summed E-state index contributed by atoms with van der Waals surface area (Å²) in [4.78, 5) is 6.98. The molecule has 0 radical (unpaired) electrons. The maximum absolute atomic E-state index is 9.68. The van der Waals surface area contributed by atoms with Crippen LogP contribution in [0.3, 0.4) is 0 Å². The Balaban J connectivity index is 1.67. The first-order chi connectivity index (χ1) is 10.0. The lowest BCUT2D eigenvalue weighted by Crippen LogP contribution is -2.68. The molecule has 120 valence electrons. The molecule has 21 heavy (non-hydrogen) atoms. The maximum atomic E-state index is 9.68. The summed E-state index contributed by atoms with van der Waals surface area (Å²) >= 11 is 0. The van der Waals surface area contributed by atoms with Crippen LogP contribution in [0.15, 0.2) is 4.99 Å². The molecule has 2 saturated heterocycles. The van der Waals surface area contributed by atoms with Gasteiger partial charge in [0.15, 0.2) is 5.96 Å². The van der Waals surface area contributed by atoms with E-state index in [9.17, 15) is 5.11 Å². The van der Waals surface area contributed by atoms with Crippen molar-refractivity contribution >= 4 is 5.96 Å². The summed E-state index contributed by atoms with van der Waals surface area (Å²) in [5, 5.41) is 13.4. The van der Waals surface area contributed by atoms with Crippen LogP contribution in [0, 0.1) is 11.3 Å². The van der Waals surface area contributed by atoms with Gasteiger partial charge in [-0.3, -0.25) is 4.99 Å². The molecular weight excluding hydrogens is 266 g/mol. The van der Waals surface area contributed by atoms with Crippen molar-refractivity contribution < 1.29 is 9.84 Å². The molecule has 0 bridgehead atoms. The number of aliphatic hydroxyl groups is 1. The van der Waals surface area contributed by atoms with E-state index in [-0.39, 0.29) is 11.5 Å². The minimum absolute atomic E-state index is 0.142. The monoisotopic (exact) mass is 295 g/mol. The van der Waals surface area contributed by atoms with Crippen molar-refractivity contribution in [2.75, 3.05) is 26.2 Å². The molecule has 0 spiro atoms. The van der Waals surface area contributed by atoms with Crippen LogP contribution < -0.4 is 5.32 Å². The topological polar surface area (TPSA) is 57.1 Å². The Labute approximate surface area is 127 Å². The molecule has 2 N–H and O–H groups in total. The molecule has 3 aliphatic rings. The molecule has 3 unspecified atom stereocenters. The van der Waals surface area contributed by atoms with Gasteiger partial charge in [-0.05, 0) is 26.2 Å². The fourth-order valence-electron chi connectivity index (χ4n) is 4.22. The molecule has 2 aliphatic heterocycles. The van der Waals surface area contributed by atoms with Crippen LogP contribution in [-0.2, 0) is 4.74 Å². The summed E-state index contributed by atoms with van der Waals surface area (Å²) in [6.07, 6.45) is 3.10. The fourth-order valence-corrected chi connectivity index (χ4v) is 4.22. The zero-order chi connectivity index (χ0) is 15.0. The number of fused-ring (bicyclic) bond motifs is 1. The number of rotatable bonds is 2. The first kappa shape index (κ1) is 15.1. The van der Waals surface area contributed by atoms with E-state index >= 15 is 0 Å². The van der Waals surface area contributed by atoms with Crippen LogP contribution in [0.2, 0.25) is 0 Å². The molecule has 0 aromatic carbocycles. The van der Waals surface area contributed by atoms with Crippen molar-refractivity contribution in [3.8, 4) is 0 Å². The summed E-state index contributed by atoms with van der Waals surface area (Å²) in [6, 6.07) is 0.446. The van der Waals surface area contributed by atoms with Crippen LogP contribution in [0.1, 0.15) is 40.0 Å². The number of nitrogens with one attached hydrogen (secondary N) is 1. The van der Waals surface area contributed by atoms with Gasteiger partial charge in [-0.15, -0.1) is 0 Å². The molecule has 5 heteroatoms. The molecule has 1 aliphatic carbocycles. The van der Waals surface area contributed by atoms with Gasteiger partial charge in [-0.1, -0.05) is 13.8 Å². The molecule has 0 aromatic rings. The van der Waals surface area contributed by atoms with E-state index < -0.39 is 0 Å². The van der Waals surface area contributed by atoms with Crippen molar-refractivity contribution in [1.29, 1.82) is 0 Å². The third-order valence-corrected chi connectivity index (χ3v) is 5.46. The maximum Gasteiger partial charge on any atom is 0.194 e. The molecule has 5 nitrogen and oxygen atoms in total. The number of hydrogen-bond donors (Lipinski definition) is 2. The van der Waals surface area contributed by atoms with Gasteiger partial charge in [0.05, 0.1) is 12.2 Å². The molecule has 1 saturated carbocycles. The number of aliphatic imine (C=N–C) groups is 1. The van der Waals surface area contributed by atoms with Gasteiger partial charge >= 0.3 is 0 Å². The molecule has 0 aromatic heterocycles. The predicted molar refractivity (Wildman–Crippen MR) is 83.3 cm³/mol. The Morgan fingerprint density at radius 1 is 1.33 bits per heavy atom. The normalized spacial score (nSPS) is 36.3. The zero-order valence-electron chi connectivity index (χ0n) is 13.5. The van der Waals surface area contributed by atoms with Crippen LogP contribution in [0.4, 0.5) is 0 Å². The number of aliphatic hydroxyl groups excluding tert-OH is 1. The fraction of sp³-hybridized carbons (Fsp3) is 0.938. The summed E-state index contributed by atoms with van der Waals surface area (Å²) in [5.74, 6) is 1.64. The van der Waals surface area contributed by atoms with Crippen LogP contribution >= 0.6 is 0 Å². The second-order valence-corrected chi connectivity index (χ2v) is 7.20. The molecule has 3 rings (SSSR count). The highest BCUT2D eigenvalue weighted by molar-refractivity contribution is 5.80. The third kappa shape index (κ3) is 2.66. The first-order valence-corrected chi connectivity index (χ1v) is 8.39. The summed E-state index contributed by atoms with van der Waals surface area (Å²) in [6.45, 7) is 10.1. The van der Waals surface area contributed by atoms with Gasteiger partial charge in [-0.2, -0.15) is 0 Å². The SMILES string of the molecule is CCN=C(NC1C2CCOC2C1(C)C)N1CCC(O)CC1. The van der Waals surface area contributed by atoms with Gasteiger partial charge in [0, 0.05) is 43.6 Å². The second-order valence-electron chi connectivity index (χ2n) is 7.20. The number of nitrogens with zero attached hydrogens (tertiary/aromatic N) is 2. The van der Waals surface area contributed by atoms with Crippen molar-refractivity contribution in [3.05, 3.63) is 0 Å². The first-order valence-electron chi connectivity index (χ1n) is 8.39. The van der Waals surface area contributed by atoms with Gasteiger partial charge in [0.25, 0.3) is 0 Å². The van der Waals surface area contributed by atoms with Crippen molar-refractivity contribution in [3.63, 3.8) is 0 Å². The van der Waals surface area contributed by atoms with Crippen molar-refractivity contribution in [2.45, 2.75) is 58.3 Å². The van der Waals surface area contributed by atoms with E-state index in [2.05, 4.69) is 36.0 Å². The van der Waals surface area contributed by atoms with Crippen molar-refractivity contribution in [1.82, 2.24) is 10.2 Å². The van der Waals surface area contributed by atoms with Gasteiger partial charge in [0.1, 0.15) is 0 Å².